The second-order valence-electron chi connectivity index (χ2n) is 6.22. The molecule has 1 fully saturated rings. The number of rotatable bonds is 0. The van der Waals surface area contributed by atoms with Crippen molar-refractivity contribution in [2.24, 2.45) is 0 Å². The summed E-state index contributed by atoms with van der Waals surface area (Å²) in [5.74, 6) is -1.68. The van der Waals surface area contributed by atoms with Crippen molar-refractivity contribution in [1.29, 1.82) is 0 Å². The fourth-order valence-electron chi connectivity index (χ4n) is 2.89. The first-order valence-corrected chi connectivity index (χ1v) is 8.32. The lowest BCUT2D eigenvalue weighted by atomic mass is 9.98. The second kappa shape index (κ2) is 6.90. The van der Waals surface area contributed by atoms with Gasteiger partial charge in [-0.25, -0.2) is 0 Å². The number of carbonyl (C=O) groups is 2. The summed E-state index contributed by atoms with van der Waals surface area (Å²) >= 11 is 6.08. The highest BCUT2D eigenvalue weighted by atomic mass is 35.5. The van der Waals surface area contributed by atoms with Gasteiger partial charge in [-0.1, -0.05) is 29.8 Å². The number of epoxide rings is 1. The third kappa shape index (κ3) is 3.86. The largest absolute Gasteiger partial charge is 0.507 e. The Bertz CT molecular complexity index is 786. The first-order chi connectivity index (χ1) is 11.9. The van der Waals surface area contributed by atoms with E-state index in [0.717, 1.165) is 6.07 Å². The molecule has 0 unspecified atom stereocenters. The Morgan fingerprint density at radius 3 is 2.76 bits per heavy atom. The molecule has 7 heteroatoms. The van der Waals surface area contributed by atoms with Crippen molar-refractivity contribution in [3.8, 4) is 11.5 Å². The summed E-state index contributed by atoms with van der Waals surface area (Å²) < 4.78 is 5.49. The molecular weight excluding hydrogens is 346 g/mol. The van der Waals surface area contributed by atoms with E-state index in [1.807, 2.05) is 13.0 Å². The molecule has 3 N–H and O–H groups in total. The van der Waals surface area contributed by atoms with Crippen molar-refractivity contribution in [3.63, 3.8) is 0 Å². The molecule has 1 aromatic carbocycles. The van der Waals surface area contributed by atoms with Gasteiger partial charge >= 0.3 is 0 Å². The van der Waals surface area contributed by atoms with Gasteiger partial charge in [0.1, 0.15) is 17.6 Å². The van der Waals surface area contributed by atoms with E-state index >= 15 is 0 Å². The molecule has 2 aliphatic rings. The number of carbonyl (C=O) groups excluding carboxylic acids is 2. The number of halogens is 1. The van der Waals surface area contributed by atoms with Crippen molar-refractivity contribution in [2.75, 3.05) is 0 Å². The number of fused-ring (bicyclic) bond motifs is 2. The molecule has 0 radical (unpaired) electrons. The third-order valence-corrected chi connectivity index (χ3v) is 4.60. The van der Waals surface area contributed by atoms with E-state index in [1.54, 1.807) is 12.2 Å². The van der Waals surface area contributed by atoms with Gasteiger partial charge in [-0.05, 0) is 25.0 Å². The Kier molecular flexibility index (Phi) is 4.83. The van der Waals surface area contributed by atoms with E-state index < -0.39 is 11.7 Å². The molecule has 25 heavy (non-hydrogen) atoms. The third-order valence-electron chi connectivity index (χ3n) is 4.18. The van der Waals surface area contributed by atoms with Crippen LogP contribution in [0.1, 0.15) is 29.3 Å². The molecular formula is C18H18ClNO5. The maximum Gasteiger partial charge on any atom is 0.255 e. The smallest absolute Gasteiger partial charge is 0.255 e. The predicted octanol–water partition coefficient (Wildman–Crippen LogP) is 2.26. The topological polar surface area (TPSA) is 99.2 Å². The zero-order valence-corrected chi connectivity index (χ0v) is 14.3. The molecule has 3 atom stereocenters. The Labute approximate surface area is 149 Å². The van der Waals surface area contributed by atoms with Crippen LogP contribution in [0.4, 0.5) is 0 Å². The quantitative estimate of drug-likeness (QED) is 0.614. The van der Waals surface area contributed by atoms with E-state index in [9.17, 15) is 19.8 Å². The summed E-state index contributed by atoms with van der Waals surface area (Å²) in [7, 11) is 0. The maximum atomic E-state index is 12.6. The Morgan fingerprint density at radius 2 is 2.00 bits per heavy atom. The predicted molar refractivity (Wildman–Crippen MR) is 92.0 cm³/mol. The Hall–Kier alpha value is -2.31. The standard InChI is InChI=1S/C18H18ClNO5/c1-9-6-15-14(25-15)5-3-2-4-10(21)7-11-16(18(24)20-9)12(22)8-13(23)17(11)19/h2-5,8-9,14-15,22-23H,6-7H2,1H3,(H,20,24)/b4-2+,5-3-/t9-,14-,15-/m1/s1. The van der Waals surface area contributed by atoms with Gasteiger partial charge in [-0.3, -0.25) is 9.59 Å². The molecule has 1 amide bonds. The lowest BCUT2D eigenvalue weighted by molar-refractivity contribution is -0.114. The molecule has 2 aliphatic heterocycles. The van der Waals surface area contributed by atoms with Crippen molar-refractivity contribution < 1.29 is 24.5 Å². The number of hydrogen-bond donors (Lipinski definition) is 3. The molecule has 3 rings (SSSR count). The van der Waals surface area contributed by atoms with E-state index in [2.05, 4.69) is 5.32 Å². The number of benzene rings is 1. The second-order valence-corrected chi connectivity index (χ2v) is 6.60. The van der Waals surface area contributed by atoms with Crippen molar-refractivity contribution in [2.45, 2.75) is 38.0 Å². The van der Waals surface area contributed by atoms with Crippen LogP contribution in [0.2, 0.25) is 5.02 Å². The minimum atomic E-state index is -0.552. The number of nitrogens with one attached hydrogen (secondary N) is 1. The van der Waals surface area contributed by atoms with Crippen LogP contribution in [-0.4, -0.2) is 40.2 Å². The average molecular weight is 364 g/mol. The van der Waals surface area contributed by atoms with Crippen LogP contribution in [0.5, 0.6) is 11.5 Å². The molecule has 1 aromatic rings. The molecule has 0 aromatic heterocycles. The summed E-state index contributed by atoms with van der Waals surface area (Å²) in [5.41, 5.74) is -0.00243. The molecule has 2 heterocycles. The summed E-state index contributed by atoms with van der Waals surface area (Å²) in [6.45, 7) is 1.83. The summed E-state index contributed by atoms with van der Waals surface area (Å²) in [6.07, 6.45) is 6.92. The number of ether oxygens (including phenoxy) is 1. The summed E-state index contributed by atoms with van der Waals surface area (Å²) in [4.78, 5) is 24.7. The van der Waals surface area contributed by atoms with Crippen LogP contribution >= 0.6 is 11.6 Å². The van der Waals surface area contributed by atoms with Gasteiger partial charge in [0.2, 0.25) is 0 Å². The number of allylic oxidation sites excluding steroid dienone is 3. The number of phenolic OH excluding ortho intramolecular Hbond substituents is 2. The summed E-state index contributed by atoms with van der Waals surface area (Å²) in [6, 6.07) is 0.794. The molecule has 0 aliphatic carbocycles. The first-order valence-electron chi connectivity index (χ1n) is 7.94. The van der Waals surface area contributed by atoms with Crippen molar-refractivity contribution in [3.05, 3.63) is 46.5 Å². The normalized spacial score (nSPS) is 29.0. The zero-order valence-electron chi connectivity index (χ0n) is 13.5. The molecule has 132 valence electrons. The lowest BCUT2D eigenvalue weighted by Crippen LogP contribution is -2.34. The molecule has 1 saturated heterocycles. The number of ketones is 1. The fraction of sp³-hybridized carbons (Fsp3) is 0.333. The molecule has 0 saturated carbocycles. The van der Waals surface area contributed by atoms with Gasteiger partial charge in [0.25, 0.3) is 5.91 Å². The lowest BCUT2D eigenvalue weighted by Gasteiger charge is -2.17. The monoisotopic (exact) mass is 363 g/mol. The van der Waals surface area contributed by atoms with E-state index in [-0.39, 0.29) is 52.4 Å². The van der Waals surface area contributed by atoms with Gasteiger partial charge in [-0.2, -0.15) is 0 Å². The Balaban J connectivity index is 2.01. The van der Waals surface area contributed by atoms with Crippen molar-refractivity contribution in [1.82, 2.24) is 5.32 Å². The van der Waals surface area contributed by atoms with E-state index in [0.29, 0.717) is 6.42 Å². The number of hydrogen-bond acceptors (Lipinski definition) is 5. The van der Waals surface area contributed by atoms with Gasteiger partial charge in [0.05, 0.1) is 16.7 Å². The van der Waals surface area contributed by atoms with Gasteiger partial charge in [-0.15, -0.1) is 0 Å². The van der Waals surface area contributed by atoms with Gasteiger partial charge < -0.3 is 20.3 Å². The highest BCUT2D eigenvalue weighted by Crippen LogP contribution is 2.37. The highest BCUT2D eigenvalue weighted by molar-refractivity contribution is 6.33. The maximum absolute atomic E-state index is 12.6. The SMILES string of the molecule is C[C@@H]1C[C@H]2O[C@@H]2/C=C\C=C\C(=O)Cc2c(Cl)c(O)cc(O)c2C(=O)N1. The van der Waals surface area contributed by atoms with Crippen LogP contribution in [-0.2, 0) is 16.0 Å². The zero-order chi connectivity index (χ0) is 18.1. The minimum Gasteiger partial charge on any atom is -0.507 e. The number of aromatic hydroxyl groups is 2. The number of amides is 1. The van der Waals surface area contributed by atoms with Crippen LogP contribution < -0.4 is 5.32 Å². The van der Waals surface area contributed by atoms with Crippen molar-refractivity contribution >= 4 is 23.3 Å². The summed E-state index contributed by atoms with van der Waals surface area (Å²) in [5, 5.41) is 22.6. The minimum absolute atomic E-state index is 0.00932. The molecule has 0 spiro atoms. The molecule has 6 nitrogen and oxygen atoms in total. The first kappa shape index (κ1) is 17.5. The van der Waals surface area contributed by atoms with Crippen LogP contribution in [0.15, 0.2) is 30.4 Å². The Morgan fingerprint density at radius 1 is 1.24 bits per heavy atom. The van der Waals surface area contributed by atoms with Crippen LogP contribution in [0.25, 0.3) is 0 Å². The fourth-order valence-corrected chi connectivity index (χ4v) is 3.11. The van der Waals surface area contributed by atoms with E-state index in [4.69, 9.17) is 16.3 Å². The van der Waals surface area contributed by atoms with Gasteiger partial charge in [0.15, 0.2) is 5.78 Å². The van der Waals surface area contributed by atoms with Crippen LogP contribution in [0, 0.1) is 0 Å². The highest BCUT2D eigenvalue weighted by Gasteiger charge is 2.37. The van der Waals surface area contributed by atoms with Crippen LogP contribution in [0.3, 0.4) is 0 Å². The average Bonchev–Trinajstić information content (AvgIpc) is 3.25. The van der Waals surface area contributed by atoms with Gasteiger partial charge in [0, 0.05) is 18.5 Å². The number of phenols is 2. The van der Waals surface area contributed by atoms with E-state index in [1.165, 1.54) is 6.08 Å². The molecule has 0 bridgehead atoms.